The van der Waals surface area contributed by atoms with E-state index >= 15 is 0 Å². The molecule has 0 aliphatic carbocycles. The van der Waals surface area contributed by atoms with Crippen LogP contribution in [-0.4, -0.2) is 70.0 Å². The monoisotopic (exact) mass is 471 g/mol. The maximum atomic E-state index is 13.2. The second kappa shape index (κ2) is 10.7. The third-order valence-electron chi connectivity index (χ3n) is 6.55. The van der Waals surface area contributed by atoms with Gasteiger partial charge in [-0.25, -0.2) is 4.79 Å². The lowest BCUT2D eigenvalue weighted by molar-refractivity contribution is -0.131. The van der Waals surface area contributed by atoms with Gasteiger partial charge in [-0.05, 0) is 37.5 Å². The molecule has 1 aliphatic rings. The lowest BCUT2D eigenvalue weighted by atomic mass is 10.1. The van der Waals surface area contributed by atoms with E-state index < -0.39 is 23.1 Å². The molecule has 1 saturated heterocycles. The van der Waals surface area contributed by atoms with Gasteiger partial charge in [-0.15, -0.1) is 0 Å². The van der Waals surface area contributed by atoms with Gasteiger partial charge in [0.15, 0.2) is 5.78 Å². The fourth-order valence-corrected chi connectivity index (χ4v) is 4.24. The van der Waals surface area contributed by atoms with Gasteiger partial charge in [-0.3, -0.25) is 28.4 Å². The van der Waals surface area contributed by atoms with Gasteiger partial charge in [-0.1, -0.05) is 12.1 Å². The van der Waals surface area contributed by atoms with E-state index in [1.807, 2.05) is 34.1 Å². The molecule has 0 spiro atoms. The van der Waals surface area contributed by atoms with Crippen LogP contribution in [0.5, 0.6) is 5.75 Å². The van der Waals surface area contributed by atoms with Crippen LogP contribution in [0.25, 0.3) is 0 Å². The maximum Gasteiger partial charge on any atom is 0.332 e. The van der Waals surface area contributed by atoms with Crippen LogP contribution in [0.4, 0.5) is 5.82 Å². The van der Waals surface area contributed by atoms with Crippen molar-refractivity contribution in [1.29, 1.82) is 0 Å². The molecule has 184 valence electrons. The molecule has 0 saturated carbocycles. The summed E-state index contributed by atoms with van der Waals surface area (Å²) in [5, 5.41) is 0. The Morgan fingerprint density at radius 1 is 1.03 bits per heavy atom. The first-order valence-corrected chi connectivity index (χ1v) is 11.4. The van der Waals surface area contributed by atoms with Crippen LogP contribution < -0.4 is 21.7 Å². The number of nitrogens with zero attached hydrogens (tertiary/aromatic N) is 4. The summed E-state index contributed by atoms with van der Waals surface area (Å²) in [6.45, 7) is 3.96. The number of benzene rings is 1. The van der Waals surface area contributed by atoms with Crippen molar-refractivity contribution in [2.75, 3.05) is 39.0 Å². The summed E-state index contributed by atoms with van der Waals surface area (Å²) in [4.78, 5) is 54.4. The molecule has 1 aromatic carbocycles. The maximum absolute atomic E-state index is 13.2. The number of ether oxygens (including phenoxy) is 1. The topological polar surface area (TPSA) is 120 Å². The zero-order chi connectivity index (χ0) is 25.0. The van der Waals surface area contributed by atoms with Gasteiger partial charge in [0, 0.05) is 46.7 Å². The van der Waals surface area contributed by atoms with E-state index in [1.165, 1.54) is 14.1 Å². The van der Waals surface area contributed by atoms with Gasteiger partial charge in [0.1, 0.15) is 17.1 Å². The largest absolute Gasteiger partial charge is 0.497 e. The Hall–Kier alpha value is -3.40. The highest BCUT2D eigenvalue weighted by Crippen LogP contribution is 2.16. The minimum absolute atomic E-state index is 0.0767. The van der Waals surface area contributed by atoms with Crippen LogP contribution in [0, 0.1) is 0 Å². The summed E-state index contributed by atoms with van der Waals surface area (Å²) in [6.07, 6.45) is 1.77. The molecule has 2 N–H and O–H groups in total. The van der Waals surface area contributed by atoms with Crippen LogP contribution in [0.1, 0.15) is 35.7 Å². The predicted octanol–water partition coefficient (Wildman–Crippen LogP) is 0.413. The highest BCUT2D eigenvalue weighted by Gasteiger charge is 2.30. The van der Waals surface area contributed by atoms with Crippen LogP contribution in [-0.2, 0) is 25.3 Å². The third kappa shape index (κ3) is 5.22. The Morgan fingerprint density at radius 3 is 2.35 bits per heavy atom. The molecule has 0 radical (unpaired) electrons. The summed E-state index contributed by atoms with van der Waals surface area (Å²) in [7, 11) is 4.37. The molecular formula is C24H33N5O5. The molecule has 2 heterocycles. The number of aryl methyl sites for hydroxylation is 1. The van der Waals surface area contributed by atoms with Gasteiger partial charge in [0.25, 0.3) is 5.56 Å². The van der Waals surface area contributed by atoms with E-state index in [-0.39, 0.29) is 17.3 Å². The third-order valence-corrected chi connectivity index (χ3v) is 6.55. The van der Waals surface area contributed by atoms with Gasteiger partial charge in [-0.2, -0.15) is 0 Å². The van der Waals surface area contributed by atoms with E-state index in [9.17, 15) is 19.2 Å². The first kappa shape index (κ1) is 25.2. The van der Waals surface area contributed by atoms with Crippen LogP contribution >= 0.6 is 0 Å². The Kier molecular flexibility index (Phi) is 7.93. The molecule has 1 fully saturated rings. The van der Waals surface area contributed by atoms with Crippen molar-refractivity contribution in [2.24, 2.45) is 14.1 Å². The Bertz CT molecular complexity index is 1170. The molecular weight excluding hydrogens is 438 g/mol. The van der Waals surface area contributed by atoms with Crippen molar-refractivity contribution in [3.8, 4) is 5.75 Å². The molecule has 1 aromatic heterocycles. The van der Waals surface area contributed by atoms with Gasteiger partial charge in [0.2, 0.25) is 5.91 Å². The SMILES string of the molecule is COc1ccc(CCC(=O)N2CCCN(C(C)C(=O)c3c(N)n(C)c(=O)n(C)c3=O)CC2)cc1. The molecule has 1 aliphatic heterocycles. The molecule has 1 amide bonds. The number of rotatable bonds is 7. The van der Waals surface area contributed by atoms with Gasteiger partial charge >= 0.3 is 5.69 Å². The van der Waals surface area contributed by atoms with E-state index in [0.29, 0.717) is 45.4 Å². The number of Topliss-reactive ketones (excluding diaryl/α,β-unsaturated/α-hetero) is 1. The lowest BCUT2D eigenvalue weighted by Gasteiger charge is -2.27. The number of hydrogen-bond donors (Lipinski definition) is 1. The Balaban J connectivity index is 1.63. The average molecular weight is 472 g/mol. The quantitative estimate of drug-likeness (QED) is 0.581. The minimum atomic E-state index is -0.692. The number of ketones is 1. The number of aromatic nitrogens is 2. The predicted molar refractivity (Wildman–Crippen MR) is 129 cm³/mol. The highest BCUT2D eigenvalue weighted by molar-refractivity contribution is 6.03. The number of hydrogen-bond acceptors (Lipinski definition) is 7. The van der Waals surface area contributed by atoms with Crippen molar-refractivity contribution in [3.63, 3.8) is 0 Å². The summed E-state index contributed by atoms with van der Waals surface area (Å²) in [5.74, 6) is 0.305. The lowest BCUT2D eigenvalue weighted by Crippen LogP contribution is -2.47. The summed E-state index contributed by atoms with van der Waals surface area (Å²) in [6, 6.07) is 7.07. The molecule has 10 nitrogen and oxygen atoms in total. The van der Waals surface area contributed by atoms with Crippen LogP contribution in [0.15, 0.2) is 33.9 Å². The second-order valence-electron chi connectivity index (χ2n) is 8.62. The summed E-state index contributed by atoms with van der Waals surface area (Å²) in [5.41, 5.74) is 5.59. The van der Waals surface area contributed by atoms with E-state index in [4.69, 9.17) is 10.5 Å². The highest BCUT2D eigenvalue weighted by atomic mass is 16.5. The number of carbonyl (C=O) groups is 2. The molecule has 3 rings (SSSR count). The van der Waals surface area contributed by atoms with Crippen molar-refractivity contribution >= 4 is 17.5 Å². The molecule has 0 bridgehead atoms. The smallest absolute Gasteiger partial charge is 0.332 e. The van der Waals surface area contributed by atoms with Crippen molar-refractivity contribution < 1.29 is 14.3 Å². The fourth-order valence-electron chi connectivity index (χ4n) is 4.24. The average Bonchev–Trinajstić information content (AvgIpc) is 3.11. The number of amides is 1. The number of nitrogens with two attached hydrogens (primary N) is 1. The number of anilines is 1. The first-order valence-electron chi connectivity index (χ1n) is 11.4. The van der Waals surface area contributed by atoms with E-state index in [0.717, 1.165) is 20.4 Å². The fraction of sp³-hybridized carbons (Fsp3) is 0.500. The zero-order valence-corrected chi connectivity index (χ0v) is 20.2. The Morgan fingerprint density at radius 2 is 1.71 bits per heavy atom. The molecule has 10 heteroatoms. The number of nitrogen functional groups attached to an aromatic ring is 1. The summed E-state index contributed by atoms with van der Waals surface area (Å²) >= 11 is 0. The van der Waals surface area contributed by atoms with Gasteiger partial charge in [0.05, 0.1) is 13.2 Å². The number of methoxy groups -OCH3 is 1. The molecule has 1 unspecified atom stereocenters. The van der Waals surface area contributed by atoms with Gasteiger partial charge < -0.3 is 15.4 Å². The normalized spacial score (nSPS) is 15.6. The standard InChI is InChI=1S/C24H33N5O5/c1-16(21(31)20-22(25)26(2)24(33)27(3)23(20)32)28-12-5-13-29(15-14-28)19(30)11-8-17-6-9-18(34-4)10-7-17/h6-7,9-10,16H,5,8,11-15,25H2,1-4H3. The van der Waals surface area contributed by atoms with Crippen molar-refractivity contribution in [3.05, 3.63) is 56.2 Å². The van der Waals surface area contributed by atoms with E-state index in [1.54, 1.807) is 14.0 Å². The van der Waals surface area contributed by atoms with Crippen molar-refractivity contribution in [2.45, 2.75) is 32.2 Å². The van der Waals surface area contributed by atoms with Crippen molar-refractivity contribution in [1.82, 2.24) is 18.9 Å². The van der Waals surface area contributed by atoms with E-state index in [2.05, 4.69) is 0 Å². The second-order valence-corrected chi connectivity index (χ2v) is 8.62. The molecule has 34 heavy (non-hydrogen) atoms. The van der Waals surface area contributed by atoms with Crippen LogP contribution in [0.3, 0.4) is 0 Å². The minimum Gasteiger partial charge on any atom is -0.497 e. The Labute approximate surface area is 198 Å². The summed E-state index contributed by atoms with van der Waals surface area (Å²) < 4.78 is 7.16. The first-order chi connectivity index (χ1) is 16.1. The number of carbonyl (C=O) groups excluding carboxylic acids is 2. The molecule has 1 atom stereocenters. The molecule has 2 aromatic rings. The zero-order valence-electron chi connectivity index (χ0n) is 20.2. The van der Waals surface area contributed by atoms with Crippen LogP contribution in [0.2, 0.25) is 0 Å².